The number of carbonyl (C=O) groups excluding carboxylic acids is 2. The van der Waals surface area contributed by atoms with Gasteiger partial charge in [0.1, 0.15) is 12.1 Å². The van der Waals surface area contributed by atoms with Crippen LogP contribution in [0.3, 0.4) is 0 Å². The van der Waals surface area contributed by atoms with Gasteiger partial charge in [-0.3, -0.25) is 14.0 Å². The molecule has 0 aromatic carbocycles. The molecule has 0 radical (unpaired) electrons. The Bertz CT molecular complexity index is 689. The van der Waals surface area contributed by atoms with Crippen molar-refractivity contribution in [2.24, 2.45) is 5.92 Å². The number of hydrogen-bond acceptors (Lipinski definition) is 4. The Labute approximate surface area is 125 Å². The number of rotatable bonds is 3. The van der Waals surface area contributed by atoms with Gasteiger partial charge in [0, 0.05) is 17.8 Å². The Morgan fingerprint density at radius 1 is 1.43 bits per heavy atom. The Balaban J connectivity index is 1.60. The molecule has 2 aromatic rings. The second-order valence-corrected chi connectivity index (χ2v) is 6.66. The molecule has 0 spiro atoms. The third-order valence-corrected chi connectivity index (χ3v) is 5.03. The van der Waals surface area contributed by atoms with E-state index in [-0.39, 0.29) is 17.9 Å². The summed E-state index contributed by atoms with van der Waals surface area (Å²) in [6.45, 7) is 2.17. The summed E-state index contributed by atoms with van der Waals surface area (Å²) < 4.78 is 1.94. The van der Waals surface area contributed by atoms with Gasteiger partial charge in [-0.15, -0.1) is 11.3 Å². The van der Waals surface area contributed by atoms with Crippen molar-refractivity contribution in [2.45, 2.75) is 38.4 Å². The highest BCUT2D eigenvalue weighted by Crippen LogP contribution is 2.35. The number of hydrogen-bond donors (Lipinski definition) is 1. The Morgan fingerprint density at radius 3 is 2.95 bits per heavy atom. The van der Waals surface area contributed by atoms with Crippen LogP contribution in [0.25, 0.3) is 4.96 Å². The molecule has 6 nitrogen and oxygen atoms in total. The van der Waals surface area contributed by atoms with Gasteiger partial charge < -0.3 is 10.2 Å². The van der Waals surface area contributed by atoms with Gasteiger partial charge in [-0.1, -0.05) is 0 Å². The first kappa shape index (κ1) is 12.8. The van der Waals surface area contributed by atoms with E-state index in [0.717, 1.165) is 23.5 Å². The zero-order chi connectivity index (χ0) is 14.6. The van der Waals surface area contributed by atoms with E-state index in [0.29, 0.717) is 12.5 Å². The van der Waals surface area contributed by atoms with Crippen LogP contribution in [-0.4, -0.2) is 38.2 Å². The average Bonchev–Trinajstić information content (AvgIpc) is 3.08. The molecule has 1 saturated heterocycles. The van der Waals surface area contributed by atoms with Gasteiger partial charge in [0.05, 0.1) is 12.2 Å². The van der Waals surface area contributed by atoms with Crippen molar-refractivity contribution in [1.29, 1.82) is 0 Å². The number of thiazole rings is 1. The van der Waals surface area contributed by atoms with E-state index in [4.69, 9.17) is 0 Å². The molecule has 1 aliphatic heterocycles. The van der Waals surface area contributed by atoms with Crippen LogP contribution in [0.1, 0.15) is 25.5 Å². The van der Waals surface area contributed by atoms with Crippen molar-refractivity contribution in [3.05, 3.63) is 23.5 Å². The Hall–Kier alpha value is -1.89. The molecule has 110 valence electrons. The molecular formula is C14H16N4O2S. The highest BCUT2D eigenvalue weighted by atomic mass is 32.1. The van der Waals surface area contributed by atoms with Gasteiger partial charge in [-0.05, 0) is 25.7 Å². The molecule has 1 saturated carbocycles. The molecule has 2 amide bonds. The minimum Gasteiger partial charge on any atom is -0.342 e. The number of carbonyl (C=O) groups is 2. The summed E-state index contributed by atoms with van der Waals surface area (Å²) in [5, 5.41) is 4.83. The van der Waals surface area contributed by atoms with E-state index in [1.807, 2.05) is 22.2 Å². The van der Waals surface area contributed by atoms with Gasteiger partial charge in [-0.25, -0.2) is 4.98 Å². The van der Waals surface area contributed by atoms with Gasteiger partial charge in [0.2, 0.25) is 11.8 Å². The molecule has 2 atom stereocenters. The van der Waals surface area contributed by atoms with Crippen molar-refractivity contribution in [1.82, 2.24) is 19.6 Å². The predicted molar refractivity (Wildman–Crippen MR) is 77.7 cm³/mol. The van der Waals surface area contributed by atoms with E-state index >= 15 is 0 Å². The molecule has 7 heteroatoms. The molecule has 21 heavy (non-hydrogen) atoms. The molecule has 2 unspecified atom stereocenters. The quantitative estimate of drug-likeness (QED) is 0.920. The lowest BCUT2D eigenvalue weighted by Gasteiger charge is -2.37. The van der Waals surface area contributed by atoms with Crippen LogP contribution < -0.4 is 5.32 Å². The molecule has 4 rings (SSSR count). The van der Waals surface area contributed by atoms with E-state index in [1.54, 1.807) is 23.2 Å². The van der Waals surface area contributed by atoms with Crippen molar-refractivity contribution >= 4 is 28.1 Å². The molecule has 0 bridgehead atoms. The summed E-state index contributed by atoms with van der Waals surface area (Å²) in [4.78, 5) is 31.7. The Morgan fingerprint density at radius 2 is 2.24 bits per heavy atom. The predicted octanol–water partition coefficient (Wildman–Crippen LogP) is 1.02. The molecule has 2 fully saturated rings. The molecule has 1 aliphatic carbocycles. The highest BCUT2D eigenvalue weighted by molar-refractivity contribution is 7.15. The maximum atomic E-state index is 12.6. The van der Waals surface area contributed by atoms with Crippen LogP contribution in [0.5, 0.6) is 0 Å². The van der Waals surface area contributed by atoms with Crippen molar-refractivity contribution in [3.8, 4) is 0 Å². The van der Waals surface area contributed by atoms with E-state index < -0.39 is 6.04 Å². The van der Waals surface area contributed by atoms with Gasteiger partial charge >= 0.3 is 0 Å². The molecule has 2 aliphatic rings. The number of amides is 2. The largest absolute Gasteiger partial charge is 0.342 e. The lowest BCUT2D eigenvalue weighted by molar-refractivity contribution is -0.150. The summed E-state index contributed by atoms with van der Waals surface area (Å²) in [5.74, 6) is 0.287. The SMILES string of the molecule is CC1C(=O)NC(C2CC2)C(=O)N1Cc1cn2ccsc2n1. The van der Waals surface area contributed by atoms with Gasteiger partial charge in [-0.2, -0.15) is 0 Å². The standard InChI is InChI=1S/C14H16N4O2S/c1-8-12(19)16-11(9-2-3-9)13(20)18(8)7-10-6-17-4-5-21-14(17)15-10/h4-6,8-9,11H,2-3,7H2,1H3,(H,16,19). The fourth-order valence-corrected chi connectivity index (χ4v) is 3.56. The summed E-state index contributed by atoms with van der Waals surface area (Å²) in [6, 6.07) is -0.773. The minimum absolute atomic E-state index is 0.0287. The highest BCUT2D eigenvalue weighted by Gasteiger charge is 2.45. The first-order valence-corrected chi connectivity index (χ1v) is 8.03. The van der Waals surface area contributed by atoms with Crippen LogP contribution in [0, 0.1) is 5.92 Å². The fourth-order valence-electron chi connectivity index (χ4n) is 2.84. The second kappa shape index (κ2) is 4.56. The number of fused-ring (bicyclic) bond motifs is 1. The third kappa shape index (κ3) is 2.12. The molecule has 1 N–H and O–H groups in total. The number of aromatic nitrogens is 2. The van der Waals surface area contributed by atoms with Crippen molar-refractivity contribution < 1.29 is 9.59 Å². The first-order chi connectivity index (χ1) is 10.1. The minimum atomic E-state index is -0.438. The normalized spacial score (nSPS) is 26.4. The van der Waals surface area contributed by atoms with Crippen LogP contribution >= 0.6 is 11.3 Å². The Kier molecular flexibility index (Phi) is 2.78. The number of imidazole rings is 1. The van der Waals surface area contributed by atoms with Crippen LogP contribution in [0.4, 0.5) is 0 Å². The average molecular weight is 304 g/mol. The van der Waals surface area contributed by atoms with E-state index in [1.165, 1.54) is 0 Å². The maximum Gasteiger partial charge on any atom is 0.246 e. The first-order valence-electron chi connectivity index (χ1n) is 7.15. The lowest BCUT2D eigenvalue weighted by atomic mass is 10.0. The monoisotopic (exact) mass is 304 g/mol. The van der Waals surface area contributed by atoms with E-state index in [9.17, 15) is 9.59 Å². The zero-order valence-electron chi connectivity index (χ0n) is 11.7. The number of piperazine rings is 1. The molecule has 2 aromatic heterocycles. The summed E-state index contributed by atoms with van der Waals surface area (Å²) in [7, 11) is 0. The fraction of sp³-hybridized carbons (Fsp3) is 0.500. The van der Waals surface area contributed by atoms with Crippen LogP contribution in [0.15, 0.2) is 17.8 Å². The van der Waals surface area contributed by atoms with Gasteiger partial charge in [0.25, 0.3) is 0 Å². The van der Waals surface area contributed by atoms with Crippen molar-refractivity contribution in [2.75, 3.05) is 0 Å². The van der Waals surface area contributed by atoms with Crippen molar-refractivity contribution in [3.63, 3.8) is 0 Å². The maximum absolute atomic E-state index is 12.6. The summed E-state index contributed by atoms with van der Waals surface area (Å²) >= 11 is 1.56. The van der Waals surface area contributed by atoms with Crippen LogP contribution in [0.2, 0.25) is 0 Å². The molecule has 3 heterocycles. The topological polar surface area (TPSA) is 66.7 Å². The smallest absolute Gasteiger partial charge is 0.246 e. The summed E-state index contributed by atoms with van der Waals surface area (Å²) in [6.07, 6.45) is 5.92. The summed E-state index contributed by atoms with van der Waals surface area (Å²) in [5.41, 5.74) is 0.825. The zero-order valence-corrected chi connectivity index (χ0v) is 12.5. The molecular weight excluding hydrogens is 288 g/mol. The third-order valence-electron chi connectivity index (χ3n) is 4.26. The van der Waals surface area contributed by atoms with Gasteiger partial charge in [0.15, 0.2) is 4.96 Å². The number of nitrogens with one attached hydrogen (secondary N) is 1. The number of nitrogens with zero attached hydrogens (tertiary/aromatic N) is 3. The second-order valence-electron chi connectivity index (χ2n) is 5.79. The van der Waals surface area contributed by atoms with E-state index in [2.05, 4.69) is 10.3 Å². The lowest BCUT2D eigenvalue weighted by Crippen LogP contribution is -2.62. The van der Waals surface area contributed by atoms with Crippen LogP contribution in [-0.2, 0) is 16.1 Å².